The van der Waals surface area contributed by atoms with Crippen molar-refractivity contribution >= 4 is 28.6 Å². The van der Waals surface area contributed by atoms with Crippen molar-refractivity contribution in [3.05, 3.63) is 40.3 Å². The molecule has 0 radical (unpaired) electrons. The fourth-order valence-corrected chi connectivity index (χ4v) is 3.01. The molecular weight excluding hydrogens is 284 g/mol. The molecule has 1 saturated heterocycles. The van der Waals surface area contributed by atoms with Gasteiger partial charge in [0.1, 0.15) is 5.69 Å². The molecule has 1 aromatic heterocycles. The summed E-state index contributed by atoms with van der Waals surface area (Å²) in [5.74, 6) is -0.151. The Morgan fingerprint density at radius 3 is 2.81 bits per heavy atom. The van der Waals surface area contributed by atoms with Gasteiger partial charge in [-0.15, -0.1) is 11.3 Å². The summed E-state index contributed by atoms with van der Waals surface area (Å²) in [4.78, 5) is 18.8. The number of hydrogen-bond donors (Lipinski definition) is 2. The molecule has 6 heteroatoms. The highest BCUT2D eigenvalue weighted by Gasteiger charge is 2.16. The number of nitrogens with zero attached hydrogens (tertiary/aromatic N) is 2. The predicted octanol–water partition coefficient (Wildman–Crippen LogP) is 2.11. The van der Waals surface area contributed by atoms with Crippen LogP contribution < -0.4 is 15.5 Å². The molecule has 1 aliphatic rings. The van der Waals surface area contributed by atoms with Gasteiger partial charge in [-0.1, -0.05) is 12.1 Å². The van der Waals surface area contributed by atoms with Gasteiger partial charge in [0.2, 0.25) is 0 Å². The van der Waals surface area contributed by atoms with Gasteiger partial charge in [-0.25, -0.2) is 4.98 Å². The van der Waals surface area contributed by atoms with Crippen molar-refractivity contribution in [1.29, 1.82) is 0 Å². The Morgan fingerprint density at radius 2 is 2.10 bits per heavy atom. The van der Waals surface area contributed by atoms with Gasteiger partial charge in [0.25, 0.3) is 5.91 Å². The Labute approximate surface area is 128 Å². The van der Waals surface area contributed by atoms with Gasteiger partial charge < -0.3 is 15.5 Å². The maximum absolute atomic E-state index is 12.3. The molecule has 2 heterocycles. The minimum Gasteiger partial charge on any atom is -0.367 e. The summed E-state index contributed by atoms with van der Waals surface area (Å²) in [6, 6.07) is 7.93. The van der Waals surface area contributed by atoms with E-state index in [0.717, 1.165) is 42.6 Å². The lowest BCUT2D eigenvalue weighted by atomic mass is 10.2. The number of aryl methyl sites for hydroxylation is 1. The van der Waals surface area contributed by atoms with Crippen LogP contribution in [0.2, 0.25) is 0 Å². The van der Waals surface area contributed by atoms with E-state index in [2.05, 4.69) is 20.5 Å². The fourth-order valence-electron chi connectivity index (χ4n) is 2.41. The molecule has 1 aliphatic heterocycles. The molecular formula is C15H18N4OS. The SMILES string of the molecule is Cc1nc(C(=O)Nc2ccccc2N2CCNCC2)cs1. The highest BCUT2D eigenvalue weighted by atomic mass is 32.1. The zero-order valence-electron chi connectivity index (χ0n) is 11.9. The molecule has 0 atom stereocenters. The van der Waals surface area contributed by atoms with E-state index in [-0.39, 0.29) is 5.91 Å². The number of benzene rings is 1. The van der Waals surface area contributed by atoms with E-state index in [1.54, 1.807) is 5.38 Å². The number of carbonyl (C=O) groups excluding carboxylic acids is 1. The number of aromatic nitrogens is 1. The van der Waals surface area contributed by atoms with Crippen LogP contribution in [0.4, 0.5) is 11.4 Å². The minimum atomic E-state index is -0.151. The van der Waals surface area contributed by atoms with Crippen molar-refractivity contribution < 1.29 is 4.79 Å². The molecule has 0 saturated carbocycles. The summed E-state index contributed by atoms with van der Waals surface area (Å²) in [7, 11) is 0. The number of hydrogen-bond acceptors (Lipinski definition) is 5. The molecule has 2 N–H and O–H groups in total. The van der Waals surface area contributed by atoms with E-state index >= 15 is 0 Å². The average molecular weight is 302 g/mol. The Hall–Kier alpha value is -1.92. The maximum atomic E-state index is 12.3. The molecule has 2 aromatic rings. The molecule has 5 nitrogen and oxygen atoms in total. The predicted molar refractivity (Wildman–Crippen MR) is 86.3 cm³/mol. The Bertz CT molecular complexity index is 634. The number of amides is 1. The van der Waals surface area contributed by atoms with Crippen LogP contribution in [0.3, 0.4) is 0 Å². The Balaban J connectivity index is 1.80. The number of nitrogens with one attached hydrogen (secondary N) is 2. The second kappa shape index (κ2) is 6.24. The first kappa shape index (κ1) is 14.0. The van der Waals surface area contributed by atoms with Gasteiger partial charge in [-0.05, 0) is 19.1 Å². The molecule has 3 rings (SSSR count). The maximum Gasteiger partial charge on any atom is 0.275 e. The molecule has 0 spiro atoms. The highest BCUT2D eigenvalue weighted by Crippen LogP contribution is 2.26. The van der Waals surface area contributed by atoms with E-state index in [9.17, 15) is 4.79 Å². The lowest BCUT2D eigenvalue weighted by molar-refractivity contribution is 0.102. The van der Waals surface area contributed by atoms with Gasteiger partial charge >= 0.3 is 0 Å². The molecule has 0 unspecified atom stereocenters. The lowest BCUT2D eigenvalue weighted by Gasteiger charge is -2.31. The first-order valence-electron chi connectivity index (χ1n) is 7.02. The topological polar surface area (TPSA) is 57.3 Å². The monoisotopic (exact) mass is 302 g/mol. The van der Waals surface area contributed by atoms with Gasteiger partial charge in [0.15, 0.2) is 0 Å². The van der Waals surface area contributed by atoms with Crippen molar-refractivity contribution in [2.75, 3.05) is 36.4 Å². The second-order valence-electron chi connectivity index (χ2n) is 4.96. The summed E-state index contributed by atoms with van der Waals surface area (Å²) in [6.07, 6.45) is 0. The van der Waals surface area contributed by atoms with Crippen molar-refractivity contribution in [2.24, 2.45) is 0 Å². The molecule has 110 valence electrons. The fraction of sp³-hybridized carbons (Fsp3) is 0.333. The smallest absolute Gasteiger partial charge is 0.275 e. The van der Waals surface area contributed by atoms with E-state index in [0.29, 0.717) is 5.69 Å². The van der Waals surface area contributed by atoms with Crippen LogP contribution in [0.5, 0.6) is 0 Å². The largest absolute Gasteiger partial charge is 0.367 e. The van der Waals surface area contributed by atoms with Crippen LogP contribution in [0.25, 0.3) is 0 Å². The van der Waals surface area contributed by atoms with Crippen LogP contribution >= 0.6 is 11.3 Å². The molecule has 1 aromatic carbocycles. The van der Waals surface area contributed by atoms with Gasteiger partial charge in [-0.2, -0.15) is 0 Å². The first-order chi connectivity index (χ1) is 10.2. The van der Waals surface area contributed by atoms with Gasteiger partial charge in [-0.3, -0.25) is 4.79 Å². The van der Waals surface area contributed by atoms with Crippen LogP contribution in [0, 0.1) is 6.92 Å². The molecule has 1 amide bonds. The van der Waals surface area contributed by atoms with E-state index in [1.807, 2.05) is 31.2 Å². The molecule has 0 bridgehead atoms. The minimum absolute atomic E-state index is 0.151. The lowest BCUT2D eigenvalue weighted by Crippen LogP contribution is -2.43. The number of para-hydroxylation sites is 2. The molecule has 0 aliphatic carbocycles. The van der Waals surface area contributed by atoms with Crippen molar-refractivity contribution in [3.8, 4) is 0 Å². The van der Waals surface area contributed by atoms with Crippen LogP contribution in [0.15, 0.2) is 29.6 Å². The van der Waals surface area contributed by atoms with Crippen LogP contribution in [-0.4, -0.2) is 37.1 Å². The zero-order valence-corrected chi connectivity index (χ0v) is 12.7. The Kier molecular flexibility index (Phi) is 4.17. The van der Waals surface area contributed by atoms with Crippen molar-refractivity contribution in [3.63, 3.8) is 0 Å². The third-order valence-corrected chi connectivity index (χ3v) is 4.24. The highest BCUT2D eigenvalue weighted by molar-refractivity contribution is 7.09. The van der Waals surface area contributed by atoms with Crippen LogP contribution in [-0.2, 0) is 0 Å². The van der Waals surface area contributed by atoms with Crippen molar-refractivity contribution in [2.45, 2.75) is 6.92 Å². The normalized spacial score (nSPS) is 15.0. The second-order valence-corrected chi connectivity index (χ2v) is 6.02. The van der Waals surface area contributed by atoms with Crippen molar-refractivity contribution in [1.82, 2.24) is 10.3 Å². The van der Waals surface area contributed by atoms with E-state index in [1.165, 1.54) is 11.3 Å². The first-order valence-corrected chi connectivity index (χ1v) is 7.90. The quantitative estimate of drug-likeness (QED) is 0.912. The Morgan fingerprint density at radius 1 is 1.33 bits per heavy atom. The summed E-state index contributed by atoms with van der Waals surface area (Å²) in [6.45, 7) is 5.72. The van der Waals surface area contributed by atoms with E-state index < -0.39 is 0 Å². The number of anilines is 2. The van der Waals surface area contributed by atoms with Crippen LogP contribution in [0.1, 0.15) is 15.5 Å². The standard InChI is InChI=1S/C15H18N4OS/c1-11-17-13(10-21-11)15(20)18-12-4-2-3-5-14(12)19-8-6-16-7-9-19/h2-5,10,16H,6-9H2,1H3,(H,18,20). The molecule has 1 fully saturated rings. The number of carbonyl (C=O) groups is 1. The number of piperazine rings is 1. The third-order valence-electron chi connectivity index (χ3n) is 3.46. The third kappa shape index (κ3) is 3.22. The summed E-state index contributed by atoms with van der Waals surface area (Å²) < 4.78 is 0. The summed E-state index contributed by atoms with van der Waals surface area (Å²) >= 11 is 1.48. The number of rotatable bonds is 3. The zero-order chi connectivity index (χ0) is 14.7. The van der Waals surface area contributed by atoms with Gasteiger partial charge in [0, 0.05) is 31.6 Å². The van der Waals surface area contributed by atoms with E-state index in [4.69, 9.17) is 0 Å². The summed E-state index contributed by atoms with van der Waals surface area (Å²) in [5, 5.41) is 9.00. The number of thiazole rings is 1. The summed E-state index contributed by atoms with van der Waals surface area (Å²) in [5.41, 5.74) is 2.39. The van der Waals surface area contributed by atoms with Gasteiger partial charge in [0.05, 0.1) is 16.4 Å². The molecule has 21 heavy (non-hydrogen) atoms. The average Bonchev–Trinajstić information content (AvgIpc) is 2.95.